The SMILES string of the molecule is CCC(=O)Nc1ccc(OCCN)c(/C(N)=C/C=N)c1. The Morgan fingerprint density at radius 3 is 2.85 bits per heavy atom. The summed E-state index contributed by atoms with van der Waals surface area (Å²) >= 11 is 0. The van der Waals surface area contributed by atoms with Crippen LogP contribution in [-0.2, 0) is 4.79 Å². The largest absolute Gasteiger partial charge is 0.492 e. The van der Waals surface area contributed by atoms with Crippen LogP contribution in [0.3, 0.4) is 0 Å². The fraction of sp³-hybridized carbons (Fsp3) is 0.286. The molecule has 0 aliphatic carbocycles. The fourth-order valence-corrected chi connectivity index (χ4v) is 1.56. The maximum atomic E-state index is 11.4. The van der Waals surface area contributed by atoms with Crippen LogP contribution >= 0.6 is 0 Å². The van der Waals surface area contributed by atoms with Crippen molar-refractivity contribution in [3.63, 3.8) is 0 Å². The zero-order valence-corrected chi connectivity index (χ0v) is 11.5. The number of ether oxygens (including phenoxy) is 1. The third-order valence-electron chi connectivity index (χ3n) is 2.53. The van der Waals surface area contributed by atoms with Crippen molar-refractivity contribution < 1.29 is 9.53 Å². The summed E-state index contributed by atoms with van der Waals surface area (Å²) in [4.78, 5) is 11.4. The van der Waals surface area contributed by atoms with E-state index in [1.165, 1.54) is 6.08 Å². The van der Waals surface area contributed by atoms with Crippen molar-refractivity contribution in [2.45, 2.75) is 13.3 Å². The predicted octanol–water partition coefficient (Wildman–Crippen LogP) is 1.32. The first-order chi connectivity index (χ1) is 9.62. The van der Waals surface area contributed by atoms with Crippen molar-refractivity contribution in [2.24, 2.45) is 11.5 Å². The van der Waals surface area contributed by atoms with Crippen molar-refractivity contribution in [1.29, 1.82) is 5.41 Å². The lowest BCUT2D eigenvalue weighted by Crippen LogP contribution is -2.13. The highest BCUT2D eigenvalue weighted by Gasteiger charge is 2.09. The Morgan fingerprint density at radius 2 is 2.25 bits per heavy atom. The van der Waals surface area contributed by atoms with E-state index in [1.807, 2.05) is 0 Å². The van der Waals surface area contributed by atoms with Gasteiger partial charge in [-0.2, -0.15) is 0 Å². The third kappa shape index (κ3) is 4.40. The maximum Gasteiger partial charge on any atom is 0.224 e. The molecule has 0 aliphatic heterocycles. The second-order valence-electron chi connectivity index (χ2n) is 4.04. The van der Waals surface area contributed by atoms with Crippen LogP contribution in [0.1, 0.15) is 18.9 Å². The van der Waals surface area contributed by atoms with Crippen LogP contribution in [0.2, 0.25) is 0 Å². The van der Waals surface area contributed by atoms with Crippen LogP contribution in [0, 0.1) is 5.41 Å². The van der Waals surface area contributed by atoms with Crippen molar-refractivity contribution in [1.82, 2.24) is 0 Å². The Labute approximate surface area is 118 Å². The number of carbonyl (C=O) groups excluding carboxylic acids is 1. The van der Waals surface area contributed by atoms with E-state index in [4.69, 9.17) is 21.6 Å². The van der Waals surface area contributed by atoms with E-state index >= 15 is 0 Å². The van der Waals surface area contributed by atoms with E-state index in [2.05, 4.69) is 5.32 Å². The topological polar surface area (TPSA) is 114 Å². The quantitative estimate of drug-likeness (QED) is 0.562. The van der Waals surface area contributed by atoms with E-state index < -0.39 is 0 Å². The molecule has 108 valence electrons. The first kappa shape index (κ1) is 15.7. The average molecular weight is 276 g/mol. The molecule has 0 aromatic heterocycles. The third-order valence-corrected chi connectivity index (χ3v) is 2.53. The number of rotatable bonds is 7. The monoisotopic (exact) mass is 276 g/mol. The summed E-state index contributed by atoms with van der Waals surface area (Å²) in [5, 5.41) is 9.83. The molecule has 0 saturated carbocycles. The van der Waals surface area contributed by atoms with Crippen molar-refractivity contribution in [3.8, 4) is 5.75 Å². The minimum atomic E-state index is -0.0822. The molecular weight excluding hydrogens is 256 g/mol. The smallest absolute Gasteiger partial charge is 0.224 e. The van der Waals surface area contributed by atoms with Crippen LogP contribution in [0.5, 0.6) is 5.75 Å². The number of carbonyl (C=O) groups is 1. The van der Waals surface area contributed by atoms with Crippen LogP contribution < -0.4 is 21.5 Å². The normalized spacial score (nSPS) is 11.0. The first-order valence-electron chi connectivity index (χ1n) is 6.35. The van der Waals surface area contributed by atoms with Gasteiger partial charge in [-0.1, -0.05) is 6.92 Å². The molecule has 1 rings (SSSR count). The summed E-state index contributed by atoms with van der Waals surface area (Å²) in [6, 6.07) is 5.18. The van der Waals surface area contributed by atoms with E-state index in [0.717, 1.165) is 6.21 Å². The van der Waals surface area contributed by atoms with Gasteiger partial charge >= 0.3 is 0 Å². The molecule has 1 aromatic rings. The molecule has 0 atom stereocenters. The molecule has 6 N–H and O–H groups in total. The number of hydrogen-bond acceptors (Lipinski definition) is 5. The molecule has 6 nitrogen and oxygen atoms in total. The maximum absolute atomic E-state index is 11.4. The standard InChI is InChI=1S/C14H20N4O2/c1-2-14(19)18-10-3-4-13(20-8-7-16)11(9-10)12(17)5-6-15/h3-6,9,15H,2,7-8,16-17H2,1H3,(H,18,19)/b12-5-,15-6?. The van der Waals surface area contributed by atoms with Gasteiger partial charge in [0.1, 0.15) is 12.4 Å². The summed E-state index contributed by atoms with van der Waals surface area (Å²) in [6.45, 7) is 2.53. The molecule has 0 aliphatic rings. The lowest BCUT2D eigenvalue weighted by molar-refractivity contribution is -0.115. The molecular formula is C14H20N4O2. The van der Waals surface area contributed by atoms with Gasteiger partial charge in [-0.05, 0) is 24.3 Å². The van der Waals surface area contributed by atoms with Crippen LogP contribution in [0.15, 0.2) is 24.3 Å². The highest BCUT2D eigenvalue weighted by molar-refractivity contribution is 5.92. The van der Waals surface area contributed by atoms with Crippen LogP contribution in [0.4, 0.5) is 5.69 Å². The van der Waals surface area contributed by atoms with Gasteiger partial charge in [-0.25, -0.2) is 0 Å². The number of nitrogens with one attached hydrogen (secondary N) is 2. The highest BCUT2D eigenvalue weighted by Crippen LogP contribution is 2.27. The van der Waals surface area contributed by atoms with Crippen molar-refractivity contribution >= 4 is 23.5 Å². The summed E-state index contributed by atoms with van der Waals surface area (Å²) in [5.74, 6) is 0.488. The summed E-state index contributed by atoms with van der Waals surface area (Å²) < 4.78 is 5.51. The first-order valence-corrected chi connectivity index (χ1v) is 6.35. The molecule has 0 spiro atoms. The number of allylic oxidation sites excluding steroid dienone is 1. The predicted molar refractivity (Wildman–Crippen MR) is 80.9 cm³/mol. The van der Waals surface area contributed by atoms with Gasteiger partial charge in [0.15, 0.2) is 0 Å². The number of benzene rings is 1. The Bertz CT molecular complexity index is 512. The van der Waals surface area contributed by atoms with Gasteiger partial charge in [0.05, 0.1) is 0 Å². The molecule has 0 saturated heterocycles. The number of amides is 1. The Morgan fingerprint density at radius 1 is 1.50 bits per heavy atom. The summed E-state index contributed by atoms with van der Waals surface area (Å²) in [6.07, 6.45) is 2.95. The molecule has 0 unspecified atom stereocenters. The Kier molecular flexibility index (Phi) is 6.25. The lowest BCUT2D eigenvalue weighted by atomic mass is 10.1. The molecule has 20 heavy (non-hydrogen) atoms. The second-order valence-corrected chi connectivity index (χ2v) is 4.04. The highest BCUT2D eigenvalue weighted by atomic mass is 16.5. The van der Waals surface area contributed by atoms with Crippen molar-refractivity contribution in [3.05, 3.63) is 29.8 Å². The molecule has 6 heteroatoms. The van der Waals surface area contributed by atoms with Crippen LogP contribution in [-0.4, -0.2) is 25.3 Å². The zero-order valence-electron chi connectivity index (χ0n) is 11.5. The fourth-order valence-electron chi connectivity index (χ4n) is 1.56. The van der Waals surface area contributed by atoms with E-state index in [9.17, 15) is 4.79 Å². The Hall–Kier alpha value is -2.34. The molecule has 0 fully saturated rings. The minimum absolute atomic E-state index is 0.0822. The van der Waals surface area contributed by atoms with E-state index in [-0.39, 0.29) is 5.91 Å². The average Bonchev–Trinajstić information content (AvgIpc) is 2.45. The van der Waals surface area contributed by atoms with Gasteiger partial charge < -0.3 is 26.9 Å². The lowest BCUT2D eigenvalue weighted by Gasteiger charge is -2.13. The minimum Gasteiger partial charge on any atom is -0.492 e. The van der Waals surface area contributed by atoms with Gasteiger partial charge in [-0.3, -0.25) is 4.79 Å². The molecule has 1 aromatic carbocycles. The van der Waals surface area contributed by atoms with E-state index in [1.54, 1.807) is 25.1 Å². The van der Waals surface area contributed by atoms with Gasteiger partial charge in [-0.15, -0.1) is 0 Å². The second kappa shape index (κ2) is 7.96. The molecule has 0 radical (unpaired) electrons. The molecule has 0 bridgehead atoms. The number of nitrogens with two attached hydrogens (primary N) is 2. The van der Waals surface area contributed by atoms with Gasteiger partial charge in [0.25, 0.3) is 0 Å². The van der Waals surface area contributed by atoms with E-state index in [0.29, 0.717) is 42.3 Å². The summed E-state index contributed by atoms with van der Waals surface area (Å²) in [7, 11) is 0. The molecule has 1 amide bonds. The number of hydrogen-bond donors (Lipinski definition) is 4. The van der Waals surface area contributed by atoms with Crippen molar-refractivity contribution in [2.75, 3.05) is 18.5 Å². The Balaban J connectivity index is 3.10. The summed E-state index contributed by atoms with van der Waals surface area (Å²) in [5.41, 5.74) is 12.9. The number of anilines is 1. The molecule has 0 heterocycles. The van der Waals surface area contributed by atoms with Gasteiger partial charge in [0.2, 0.25) is 5.91 Å². The van der Waals surface area contributed by atoms with Crippen LogP contribution in [0.25, 0.3) is 5.70 Å². The zero-order chi connectivity index (χ0) is 15.0. The van der Waals surface area contributed by atoms with Gasteiger partial charge in [0, 0.05) is 36.1 Å².